The first kappa shape index (κ1) is 25.1. The van der Waals surface area contributed by atoms with E-state index in [2.05, 4.69) is 20.6 Å². The SMILES string of the molecule is Cc1c(C(=O)C(=O)NC2(c3cnc[nH]3)COC2)c(C)n(C)c1C(=O)Nc1ccc(F)c(C(F)(F)F)c1. The van der Waals surface area contributed by atoms with Crippen molar-refractivity contribution in [1.29, 1.82) is 0 Å². The molecule has 2 aromatic heterocycles. The number of anilines is 1. The van der Waals surface area contributed by atoms with Crippen molar-refractivity contribution in [3.63, 3.8) is 0 Å². The Kier molecular flexibility index (Phi) is 6.20. The number of rotatable bonds is 6. The van der Waals surface area contributed by atoms with Crippen LogP contribution in [0.2, 0.25) is 0 Å². The van der Waals surface area contributed by atoms with E-state index in [0.717, 1.165) is 6.07 Å². The summed E-state index contributed by atoms with van der Waals surface area (Å²) >= 11 is 0. The minimum absolute atomic E-state index is 0.0183. The molecule has 190 valence electrons. The predicted octanol–water partition coefficient (Wildman–Crippen LogP) is 3.00. The van der Waals surface area contributed by atoms with Crippen molar-refractivity contribution in [1.82, 2.24) is 19.9 Å². The van der Waals surface area contributed by atoms with Gasteiger partial charge in [0.05, 0.1) is 42.6 Å². The Labute approximate surface area is 201 Å². The van der Waals surface area contributed by atoms with Crippen LogP contribution in [-0.4, -0.2) is 45.3 Å². The van der Waals surface area contributed by atoms with Gasteiger partial charge in [-0.25, -0.2) is 9.37 Å². The molecule has 3 aromatic rings. The van der Waals surface area contributed by atoms with Gasteiger partial charge in [0, 0.05) is 18.4 Å². The number of ether oxygens (including phenoxy) is 1. The fourth-order valence-electron chi connectivity index (χ4n) is 4.15. The maximum Gasteiger partial charge on any atom is 0.419 e. The Balaban J connectivity index is 1.59. The number of Topliss-reactive ketones (excluding diaryl/α,β-unsaturated/α-hetero) is 1. The number of aromatic nitrogens is 3. The van der Waals surface area contributed by atoms with Gasteiger partial charge in [-0.3, -0.25) is 14.4 Å². The molecule has 0 spiro atoms. The van der Waals surface area contributed by atoms with E-state index >= 15 is 0 Å². The first-order valence-corrected chi connectivity index (χ1v) is 10.6. The smallest absolute Gasteiger partial charge is 0.376 e. The van der Waals surface area contributed by atoms with E-state index in [-0.39, 0.29) is 35.7 Å². The minimum Gasteiger partial charge on any atom is -0.376 e. The van der Waals surface area contributed by atoms with Crippen molar-refractivity contribution in [2.75, 3.05) is 18.5 Å². The van der Waals surface area contributed by atoms with Crippen LogP contribution in [0.3, 0.4) is 0 Å². The third-order valence-corrected chi connectivity index (χ3v) is 6.17. The fraction of sp³-hybridized carbons (Fsp3) is 0.304. The van der Waals surface area contributed by atoms with E-state index in [1.165, 1.54) is 38.0 Å². The van der Waals surface area contributed by atoms with Gasteiger partial charge in [0.25, 0.3) is 17.6 Å². The maximum atomic E-state index is 13.6. The van der Waals surface area contributed by atoms with Crippen molar-refractivity contribution in [2.45, 2.75) is 25.6 Å². The lowest BCUT2D eigenvalue weighted by Crippen LogP contribution is -2.60. The number of nitrogens with zero attached hydrogens (tertiary/aromatic N) is 2. The standard InChI is InChI=1S/C23H21F4N5O4/c1-11-17(19(33)21(35)31-22(8-36-9-22)16-7-28-10-29-16)12(2)32(3)18(11)20(34)30-13-4-5-15(24)14(6-13)23(25,26)27/h4-7,10H,8-9H2,1-3H3,(H,28,29)(H,30,34)(H,31,35). The number of hydrogen-bond donors (Lipinski definition) is 3. The molecular weight excluding hydrogens is 486 g/mol. The Morgan fingerprint density at radius 1 is 1.19 bits per heavy atom. The van der Waals surface area contributed by atoms with Crippen LogP contribution in [0.5, 0.6) is 0 Å². The number of amides is 2. The van der Waals surface area contributed by atoms with E-state index in [9.17, 15) is 31.9 Å². The van der Waals surface area contributed by atoms with Gasteiger partial charge >= 0.3 is 6.18 Å². The molecule has 4 rings (SSSR count). The third kappa shape index (κ3) is 4.26. The van der Waals surface area contributed by atoms with Crippen LogP contribution in [0.25, 0.3) is 0 Å². The summed E-state index contributed by atoms with van der Waals surface area (Å²) < 4.78 is 59.3. The van der Waals surface area contributed by atoms with Crippen molar-refractivity contribution >= 4 is 23.3 Å². The lowest BCUT2D eigenvalue weighted by Gasteiger charge is -2.40. The molecular formula is C23H21F4N5O4. The fourth-order valence-corrected chi connectivity index (χ4v) is 4.15. The molecule has 1 aromatic carbocycles. The summed E-state index contributed by atoms with van der Waals surface area (Å²) in [6.07, 6.45) is -2.01. The number of carbonyl (C=O) groups is 3. The first-order chi connectivity index (χ1) is 16.9. The van der Waals surface area contributed by atoms with E-state index in [1.54, 1.807) is 0 Å². The third-order valence-electron chi connectivity index (χ3n) is 6.17. The number of alkyl halides is 3. The molecule has 0 aliphatic carbocycles. The number of benzene rings is 1. The highest BCUT2D eigenvalue weighted by molar-refractivity contribution is 6.43. The molecule has 0 saturated carbocycles. The average Bonchev–Trinajstić information content (AvgIpc) is 3.38. The first-order valence-electron chi connectivity index (χ1n) is 10.6. The zero-order valence-electron chi connectivity index (χ0n) is 19.3. The molecule has 3 heterocycles. The summed E-state index contributed by atoms with van der Waals surface area (Å²) in [6, 6.07) is 2.07. The Hall–Kier alpha value is -4.00. The summed E-state index contributed by atoms with van der Waals surface area (Å²) in [5, 5.41) is 4.97. The largest absolute Gasteiger partial charge is 0.419 e. The number of ketones is 1. The molecule has 9 nitrogen and oxygen atoms in total. The zero-order valence-corrected chi connectivity index (χ0v) is 19.3. The van der Waals surface area contributed by atoms with Crippen molar-refractivity contribution in [3.8, 4) is 0 Å². The molecule has 3 N–H and O–H groups in total. The topological polar surface area (TPSA) is 118 Å². The van der Waals surface area contributed by atoms with Gasteiger partial charge in [-0.15, -0.1) is 0 Å². The second-order valence-corrected chi connectivity index (χ2v) is 8.46. The maximum absolute atomic E-state index is 13.6. The Morgan fingerprint density at radius 3 is 2.44 bits per heavy atom. The highest BCUT2D eigenvalue weighted by Crippen LogP contribution is 2.33. The molecule has 2 amide bonds. The molecule has 0 atom stereocenters. The lowest BCUT2D eigenvalue weighted by atomic mass is 9.92. The van der Waals surface area contributed by atoms with Gasteiger partial charge in [-0.05, 0) is 37.6 Å². The highest BCUT2D eigenvalue weighted by Gasteiger charge is 2.45. The normalized spacial score (nSPS) is 14.8. The van der Waals surface area contributed by atoms with Gasteiger partial charge in [0.2, 0.25) is 0 Å². The monoisotopic (exact) mass is 507 g/mol. The van der Waals surface area contributed by atoms with Crippen LogP contribution in [0.4, 0.5) is 23.2 Å². The molecule has 13 heteroatoms. The van der Waals surface area contributed by atoms with Gasteiger partial charge in [-0.2, -0.15) is 13.2 Å². The van der Waals surface area contributed by atoms with Gasteiger partial charge in [-0.1, -0.05) is 0 Å². The van der Waals surface area contributed by atoms with Crippen LogP contribution in [-0.2, 0) is 28.3 Å². The summed E-state index contributed by atoms with van der Waals surface area (Å²) in [5.74, 6) is -4.13. The van der Waals surface area contributed by atoms with Gasteiger partial charge < -0.3 is 24.9 Å². The predicted molar refractivity (Wildman–Crippen MR) is 118 cm³/mol. The van der Waals surface area contributed by atoms with E-state index in [4.69, 9.17) is 4.74 Å². The molecule has 1 aliphatic heterocycles. The number of nitrogens with one attached hydrogen (secondary N) is 3. The van der Waals surface area contributed by atoms with Crippen LogP contribution in [0.15, 0.2) is 30.7 Å². The molecule has 0 radical (unpaired) electrons. The molecule has 1 aliphatic rings. The number of carbonyl (C=O) groups excluding carboxylic acids is 3. The second-order valence-electron chi connectivity index (χ2n) is 8.46. The van der Waals surface area contributed by atoms with E-state index < -0.39 is 40.7 Å². The molecule has 0 bridgehead atoms. The summed E-state index contributed by atoms with van der Waals surface area (Å²) in [7, 11) is 1.48. The number of hydrogen-bond acceptors (Lipinski definition) is 5. The lowest BCUT2D eigenvalue weighted by molar-refractivity contribution is -0.140. The van der Waals surface area contributed by atoms with E-state index in [0.29, 0.717) is 23.5 Å². The van der Waals surface area contributed by atoms with Crippen LogP contribution in [0.1, 0.15) is 43.4 Å². The Morgan fingerprint density at radius 2 is 1.89 bits per heavy atom. The van der Waals surface area contributed by atoms with Crippen LogP contribution >= 0.6 is 0 Å². The van der Waals surface area contributed by atoms with Crippen LogP contribution in [0, 0.1) is 19.7 Å². The number of aromatic amines is 1. The quantitative estimate of drug-likeness (QED) is 0.269. The average molecular weight is 507 g/mol. The van der Waals surface area contributed by atoms with Gasteiger partial charge in [0.1, 0.15) is 17.1 Å². The van der Waals surface area contributed by atoms with E-state index in [1.807, 2.05) is 0 Å². The van der Waals surface area contributed by atoms with Crippen molar-refractivity contribution in [3.05, 3.63) is 70.3 Å². The summed E-state index contributed by atoms with van der Waals surface area (Å²) in [5.41, 5.74) is -1.80. The molecule has 1 saturated heterocycles. The number of halogens is 4. The zero-order chi connectivity index (χ0) is 26.4. The van der Waals surface area contributed by atoms with Crippen LogP contribution < -0.4 is 10.6 Å². The highest BCUT2D eigenvalue weighted by atomic mass is 19.4. The van der Waals surface area contributed by atoms with Gasteiger partial charge in [0.15, 0.2) is 0 Å². The summed E-state index contributed by atoms with van der Waals surface area (Å²) in [6.45, 7) is 3.24. The second kappa shape index (κ2) is 8.90. The Bertz CT molecular complexity index is 1360. The molecule has 36 heavy (non-hydrogen) atoms. The number of H-pyrrole nitrogens is 1. The molecule has 0 unspecified atom stereocenters. The van der Waals surface area contributed by atoms with Crippen molar-refractivity contribution in [2.24, 2.45) is 7.05 Å². The number of imidazole rings is 1. The summed E-state index contributed by atoms with van der Waals surface area (Å²) in [4.78, 5) is 45.8. The molecule has 1 fully saturated rings. The minimum atomic E-state index is -4.95. The van der Waals surface area contributed by atoms with Crippen molar-refractivity contribution < 1.29 is 36.7 Å².